The standard InChI is InChI=1S/C48H31N3/c49-32-33-20-22-34(23-21-33)35-24-26-36(27-25-35)45-31-46(51-47(50-45)37-12-4-1-5-13-37)38-28-29-42-41-18-10-11-19-43(41)48(44(42)30-38,39-14-6-2-7-15-39)40-16-8-3-9-17-40/h1-31H. The first kappa shape index (κ1) is 30.2. The van der Waals surface area contributed by atoms with E-state index in [1.54, 1.807) is 0 Å². The summed E-state index contributed by atoms with van der Waals surface area (Å²) in [4.78, 5) is 10.3. The molecule has 7 aromatic carbocycles. The van der Waals surface area contributed by atoms with Crippen LogP contribution < -0.4 is 0 Å². The van der Waals surface area contributed by atoms with E-state index in [9.17, 15) is 5.26 Å². The van der Waals surface area contributed by atoms with Crippen LogP contribution in [0.1, 0.15) is 27.8 Å². The quantitative estimate of drug-likeness (QED) is 0.180. The van der Waals surface area contributed by atoms with Crippen molar-refractivity contribution in [2.45, 2.75) is 5.41 Å². The molecule has 0 bridgehead atoms. The van der Waals surface area contributed by atoms with Gasteiger partial charge in [0.2, 0.25) is 0 Å². The Morgan fingerprint density at radius 1 is 0.392 bits per heavy atom. The van der Waals surface area contributed by atoms with Crippen molar-refractivity contribution in [1.82, 2.24) is 9.97 Å². The molecule has 0 fully saturated rings. The van der Waals surface area contributed by atoms with Gasteiger partial charge >= 0.3 is 0 Å². The maximum atomic E-state index is 9.23. The van der Waals surface area contributed by atoms with Crippen molar-refractivity contribution >= 4 is 0 Å². The van der Waals surface area contributed by atoms with Gasteiger partial charge in [0.25, 0.3) is 0 Å². The molecular weight excluding hydrogens is 619 g/mol. The van der Waals surface area contributed by atoms with Gasteiger partial charge in [0.15, 0.2) is 5.82 Å². The predicted molar refractivity (Wildman–Crippen MR) is 206 cm³/mol. The van der Waals surface area contributed by atoms with E-state index in [-0.39, 0.29) is 0 Å². The lowest BCUT2D eigenvalue weighted by Crippen LogP contribution is -2.28. The van der Waals surface area contributed by atoms with Crippen LogP contribution in [0.3, 0.4) is 0 Å². The Morgan fingerprint density at radius 3 is 1.51 bits per heavy atom. The van der Waals surface area contributed by atoms with E-state index in [1.807, 2.05) is 42.5 Å². The minimum absolute atomic E-state index is 0.496. The van der Waals surface area contributed by atoms with Crippen LogP contribution in [0.5, 0.6) is 0 Å². The molecule has 51 heavy (non-hydrogen) atoms. The fraction of sp³-hybridized carbons (Fsp3) is 0.0208. The maximum Gasteiger partial charge on any atom is 0.160 e. The van der Waals surface area contributed by atoms with Crippen LogP contribution in [0, 0.1) is 11.3 Å². The number of rotatable bonds is 6. The Balaban J connectivity index is 1.23. The number of aromatic nitrogens is 2. The van der Waals surface area contributed by atoms with Gasteiger partial charge in [-0.3, -0.25) is 0 Å². The fourth-order valence-corrected chi connectivity index (χ4v) is 7.63. The van der Waals surface area contributed by atoms with Gasteiger partial charge in [0, 0.05) is 16.7 Å². The first-order valence-electron chi connectivity index (χ1n) is 17.1. The lowest BCUT2D eigenvalue weighted by atomic mass is 9.67. The normalized spacial score (nSPS) is 12.5. The highest BCUT2D eigenvalue weighted by atomic mass is 14.9. The van der Waals surface area contributed by atoms with E-state index in [0.29, 0.717) is 11.4 Å². The van der Waals surface area contributed by atoms with Gasteiger partial charge in [-0.25, -0.2) is 9.97 Å². The number of benzene rings is 7. The highest BCUT2D eigenvalue weighted by Gasteiger charge is 2.46. The monoisotopic (exact) mass is 649 g/mol. The molecule has 0 N–H and O–H groups in total. The Bertz CT molecular complexity index is 2510. The van der Waals surface area contributed by atoms with Crippen LogP contribution in [0.2, 0.25) is 0 Å². The van der Waals surface area contributed by atoms with Crippen molar-refractivity contribution in [3.8, 4) is 62.2 Å². The first-order valence-corrected chi connectivity index (χ1v) is 17.1. The van der Waals surface area contributed by atoms with E-state index in [1.165, 1.54) is 33.4 Å². The third kappa shape index (κ3) is 5.14. The van der Waals surface area contributed by atoms with Crippen molar-refractivity contribution in [1.29, 1.82) is 5.26 Å². The summed E-state index contributed by atoms with van der Waals surface area (Å²) in [6.45, 7) is 0. The minimum atomic E-state index is -0.496. The smallest absolute Gasteiger partial charge is 0.160 e. The summed E-state index contributed by atoms with van der Waals surface area (Å²) < 4.78 is 0. The van der Waals surface area contributed by atoms with Crippen molar-refractivity contribution < 1.29 is 0 Å². The lowest BCUT2D eigenvalue weighted by molar-refractivity contribution is 0.768. The molecule has 0 atom stereocenters. The molecule has 1 aliphatic rings. The average Bonchev–Trinajstić information content (AvgIpc) is 3.52. The first-order chi connectivity index (χ1) is 25.2. The molecule has 8 aromatic rings. The molecule has 0 amide bonds. The Labute approximate surface area is 297 Å². The number of hydrogen-bond donors (Lipinski definition) is 0. The number of nitrogens with zero attached hydrogens (tertiary/aromatic N) is 3. The summed E-state index contributed by atoms with van der Waals surface area (Å²) in [6, 6.07) is 68.0. The molecule has 0 unspecified atom stereocenters. The molecule has 0 aliphatic heterocycles. The molecule has 238 valence electrons. The van der Waals surface area contributed by atoms with E-state index >= 15 is 0 Å². The van der Waals surface area contributed by atoms with Gasteiger partial charge in [0.1, 0.15) is 0 Å². The average molecular weight is 650 g/mol. The Hall–Kier alpha value is -6.89. The summed E-state index contributed by atoms with van der Waals surface area (Å²) in [7, 11) is 0. The molecule has 0 spiro atoms. The van der Waals surface area contributed by atoms with Gasteiger partial charge in [-0.1, -0.05) is 164 Å². The Morgan fingerprint density at radius 2 is 0.882 bits per heavy atom. The van der Waals surface area contributed by atoms with Crippen molar-refractivity contribution in [3.05, 3.63) is 216 Å². The van der Waals surface area contributed by atoms with Crippen LogP contribution >= 0.6 is 0 Å². The van der Waals surface area contributed by atoms with Gasteiger partial charge in [-0.15, -0.1) is 0 Å². The molecule has 1 heterocycles. The predicted octanol–water partition coefficient (Wildman–Crippen LogP) is 11.4. The number of hydrogen-bond acceptors (Lipinski definition) is 3. The summed E-state index contributed by atoms with van der Waals surface area (Å²) in [5.41, 5.74) is 14.5. The van der Waals surface area contributed by atoms with Crippen molar-refractivity contribution in [2.24, 2.45) is 0 Å². The summed E-state index contributed by atoms with van der Waals surface area (Å²) in [6.07, 6.45) is 0. The second-order valence-electron chi connectivity index (χ2n) is 12.9. The van der Waals surface area contributed by atoms with Crippen molar-refractivity contribution in [2.75, 3.05) is 0 Å². The van der Waals surface area contributed by atoms with Crippen molar-refractivity contribution in [3.63, 3.8) is 0 Å². The molecule has 9 rings (SSSR count). The van der Waals surface area contributed by atoms with Crippen LogP contribution in [0.25, 0.3) is 56.2 Å². The molecule has 0 radical (unpaired) electrons. The van der Waals surface area contributed by atoms with Crippen LogP contribution in [-0.4, -0.2) is 9.97 Å². The number of fused-ring (bicyclic) bond motifs is 3. The van der Waals surface area contributed by atoms with E-state index in [4.69, 9.17) is 9.97 Å². The molecule has 1 aromatic heterocycles. The van der Waals surface area contributed by atoms with Gasteiger partial charge in [-0.2, -0.15) is 5.26 Å². The highest BCUT2D eigenvalue weighted by Crippen LogP contribution is 2.56. The zero-order valence-corrected chi connectivity index (χ0v) is 27.7. The third-order valence-corrected chi connectivity index (χ3v) is 10.0. The maximum absolute atomic E-state index is 9.23. The largest absolute Gasteiger partial charge is 0.228 e. The lowest BCUT2D eigenvalue weighted by Gasteiger charge is -2.34. The van der Waals surface area contributed by atoms with E-state index in [0.717, 1.165) is 39.2 Å². The molecule has 3 nitrogen and oxygen atoms in total. The molecule has 0 saturated carbocycles. The van der Waals surface area contributed by atoms with Gasteiger partial charge < -0.3 is 0 Å². The van der Waals surface area contributed by atoms with Crippen LogP contribution in [0.4, 0.5) is 0 Å². The Kier molecular flexibility index (Phi) is 7.42. The SMILES string of the molecule is N#Cc1ccc(-c2ccc(-c3cc(-c4ccc5c(c4)C(c4ccccc4)(c4ccccc4)c4ccccc4-5)nc(-c4ccccc4)n3)cc2)cc1. The summed E-state index contributed by atoms with van der Waals surface area (Å²) in [5, 5.41) is 9.23. The third-order valence-electron chi connectivity index (χ3n) is 10.0. The molecule has 1 aliphatic carbocycles. The fourth-order valence-electron chi connectivity index (χ4n) is 7.63. The summed E-state index contributed by atoms with van der Waals surface area (Å²) in [5.74, 6) is 0.681. The minimum Gasteiger partial charge on any atom is -0.228 e. The van der Waals surface area contributed by atoms with E-state index < -0.39 is 5.41 Å². The van der Waals surface area contributed by atoms with Gasteiger partial charge in [-0.05, 0) is 68.8 Å². The second kappa shape index (κ2) is 12.5. The van der Waals surface area contributed by atoms with E-state index in [2.05, 4.69) is 152 Å². The summed E-state index contributed by atoms with van der Waals surface area (Å²) >= 11 is 0. The van der Waals surface area contributed by atoms with Gasteiger partial charge in [0.05, 0.1) is 28.4 Å². The zero-order chi connectivity index (χ0) is 34.2. The molecule has 0 saturated heterocycles. The van der Waals surface area contributed by atoms with Crippen LogP contribution in [-0.2, 0) is 5.41 Å². The second-order valence-corrected chi connectivity index (χ2v) is 12.9. The highest BCUT2D eigenvalue weighted by molar-refractivity contribution is 5.88. The molecule has 3 heteroatoms. The zero-order valence-electron chi connectivity index (χ0n) is 27.7. The molecular formula is C48H31N3. The van der Waals surface area contributed by atoms with Crippen LogP contribution in [0.15, 0.2) is 188 Å². The number of nitriles is 1. The topological polar surface area (TPSA) is 49.6 Å².